The Kier molecular flexibility index (Phi) is 6.48. The van der Waals surface area contributed by atoms with Crippen LogP contribution in [0.15, 0.2) is 40.0 Å². The summed E-state index contributed by atoms with van der Waals surface area (Å²) >= 11 is 2.77. The van der Waals surface area contributed by atoms with Gasteiger partial charge in [0.05, 0.1) is 18.0 Å². The van der Waals surface area contributed by atoms with Gasteiger partial charge in [0, 0.05) is 16.7 Å². The first kappa shape index (κ1) is 20.1. The summed E-state index contributed by atoms with van der Waals surface area (Å²) in [5.41, 5.74) is 2.16. The smallest absolute Gasteiger partial charge is 0.350 e. The second kappa shape index (κ2) is 9.03. The molecule has 146 valence electrons. The number of aromatic amines is 1. The number of H-pyrrole nitrogens is 1. The zero-order valence-corrected chi connectivity index (χ0v) is 17.4. The topological polar surface area (TPSA) is 97.0 Å². The molecule has 0 radical (unpaired) electrons. The highest BCUT2D eigenvalue weighted by molar-refractivity contribution is 7.98. The van der Waals surface area contributed by atoms with E-state index in [-0.39, 0.29) is 11.5 Å². The first-order chi connectivity index (χ1) is 13.4. The van der Waals surface area contributed by atoms with E-state index in [9.17, 15) is 9.59 Å². The minimum Gasteiger partial charge on any atom is -0.462 e. The molecule has 2 aromatic heterocycles. The van der Waals surface area contributed by atoms with Gasteiger partial charge in [0.1, 0.15) is 4.88 Å². The molecule has 0 saturated carbocycles. The molecule has 0 amide bonds. The van der Waals surface area contributed by atoms with Crippen LogP contribution in [0.4, 0.5) is 11.1 Å². The van der Waals surface area contributed by atoms with Crippen molar-refractivity contribution in [2.75, 3.05) is 11.9 Å². The van der Waals surface area contributed by atoms with Gasteiger partial charge in [-0.05, 0) is 32.9 Å². The first-order valence-corrected chi connectivity index (χ1v) is 10.5. The maximum absolute atomic E-state index is 12.0. The quantitative estimate of drug-likeness (QED) is 0.443. The van der Waals surface area contributed by atoms with Crippen molar-refractivity contribution in [1.29, 1.82) is 0 Å². The number of hydrogen-bond acceptors (Lipinski definition) is 8. The van der Waals surface area contributed by atoms with E-state index in [1.165, 1.54) is 11.6 Å². The van der Waals surface area contributed by atoms with Crippen LogP contribution in [0.3, 0.4) is 0 Å². The van der Waals surface area contributed by atoms with E-state index < -0.39 is 5.97 Å². The number of carbonyl (C=O) groups is 1. The highest BCUT2D eigenvalue weighted by atomic mass is 32.2. The highest BCUT2D eigenvalue weighted by Gasteiger charge is 2.17. The van der Waals surface area contributed by atoms with Gasteiger partial charge in [-0.1, -0.05) is 29.0 Å². The molecule has 0 saturated heterocycles. The van der Waals surface area contributed by atoms with Crippen LogP contribution in [0, 0.1) is 13.8 Å². The van der Waals surface area contributed by atoms with Crippen LogP contribution in [0.2, 0.25) is 0 Å². The monoisotopic (exact) mass is 416 g/mol. The summed E-state index contributed by atoms with van der Waals surface area (Å²) < 4.78 is 5.02. The van der Waals surface area contributed by atoms with Crippen LogP contribution in [0.5, 0.6) is 0 Å². The number of esters is 1. The number of aryl methyl sites for hydroxylation is 2. The van der Waals surface area contributed by atoms with Gasteiger partial charge in [-0.15, -0.1) is 11.8 Å². The molecule has 0 fully saturated rings. The summed E-state index contributed by atoms with van der Waals surface area (Å²) in [5.74, 6) is 0.443. The number of ether oxygens (including phenoxy) is 1. The van der Waals surface area contributed by atoms with Crippen molar-refractivity contribution in [2.24, 2.45) is 0 Å². The van der Waals surface area contributed by atoms with Crippen LogP contribution >= 0.6 is 23.1 Å². The lowest BCUT2D eigenvalue weighted by Gasteiger charge is -2.05. The van der Waals surface area contributed by atoms with E-state index in [1.807, 2.05) is 31.2 Å². The fraction of sp³-hybridized carbons (Fsp3) is 0.263. The van der Waals surface area contributed by atoms with E-state index in [2.05, 4.69) is 20.3 Å². The number of rotatable bonds is 7. The van der Waals surface area contributed by atoms with Gasteiger partial charge >= 0.3 is 5.97 Å². The predicted octanol–water partition coefficient (Wildman–Crippen LogP) is 4.06. The minimum atomic E-state index is -0.407. The minimum absolute atomic E-state index is 0.254. The van der Waals surface area contributed by atoms with Gasteiger partial charge in [0.15, 0.2) is 5.13 Å². The van der Waals surface area contributed by atoms with Crippen molar-refractivity contribution in [3.05, 3.63) is 62.5 Å². The second-order valence-electron chi connectivity index (χ2n) is 5.97. The molecule has 0 bridgehead atoms. The summed E-state index contributed by atoms with van der Waals surface area (Å²) in [4.78, 5) is 36.9. The molecule has 2 N–H and O–H groups in total. The zero-order valence-electron chi connectivity index (χ0n) is 15.7. The third kappa shape index (κ3) is 5.20. The van der Waals surface area contributed by atoms with Crippen molar-refractivity contribution in [3.8, 4) is 0 Å². The fourth-order valence-electron chi connectivity index (χ4n) is 2.37. The van der Waals surface area contributed by atoms with Gasteiger partial charge in [0.2, 0.25) is 5.95 Å². The standard InChI is InChI=1S/C19H20N4O3S2/c1-4-26-17(25)16-12(3)20-19(28-16)23-18-21-13(9-15(24)22-18)10-27-14-7-5-11(2)6-8-14/h5-9H,4,10H2,1-3H3,(H2,20,21,22,23,24). The number of anilines is 2. The number of hydrogen-bond donors (Lipinski definition) is 2. The van der Waals surface area contributed by atoms with Crippen molar-refractivity contribution in [2.45, 2.75) is 31.4 Å². The highest BCUT2D eigenvalue weighted by Crippen LogP contribution is 2.26. The second-order valence-corrected chi connectivity index (χ2v) is 8.01. The van der Waals surface area contributed by atoms with Crippen molar-refractivity contribution < 1.29 is 9.53 Å². The van der Waals surface area contributed by atoms with Crippen LogP contribution in [-0.2, 0) is 10.5 Å². The van der Waals surface area contributed by atoms with Gasteiger partial charge in [-0.25, -0.2) is 14.8 Å². The molecular weight excluding hydrogens is 396 g/mol. The average molecular weight is 417 g/mol. The molecule has 0 aliphatic heterocycles. The van der Waals surface area contributed by atoms with Crippen LogP contribution < -0.4 is 10.9 Å². The SMILES string of the molecule is CCOC(=O)c1sc(Nc2nc(CSc3ccc(C)cc3)cc(=O)[nH]2)nc1C. The third-order valence-electron chi connectivity index (χ3n) is 3.69. The predicted molar refractivity (Wildman–Crippen MR) is 112 cm³/mol. The summed E-state index contributed by atoms with van der Waals surface area (Å²) in [6.07, 6.45) is 0. The lowest BCUT2D eigenvalue weighted by Crippen LogP contribution is -2.11. The van der Waals surface area contributed by atoms with Crippen LogP contribution in [0.25, 0.3) is 0 Å². The van der Waals surface area contributed by atoms with Gasteiger partial charge in [-0.2, -0.15) is 0 Å². The number of aromatic nitrogens is 3. The Morgan fingerprint density at radius 3 is 2.71 bits per heavy atom. The molecule has 9 heteroatoms. The molecule has 0 aliphatic carbocycles. The lowest BCUT2D eigenvalue weighted by atomic mass is 10.2. The lowest BCUT2D eigenvalue weighted by molar-refractivity contribution is 0.0531. The molecule has 0 aliphatic rings. The van der Waals surface area contributed by atoms with Crippen molar-refractivity contribution in [1.82, 2.24) is 15.0 Å². The Bertz CT molecular complexity index is 1030. The average Bonchev–Trinajstić information content (AvgIpc) is 3.01. The maximum Gasteiger partial charge on any atom is 0.350 e. The molecular formula is C19H20N4O3S2. The van der Waals surface area contributed by atoms with E-state index in [1.54, 1.807) is 25.6 Å². The summed E-state index contributed by atoms with van der Waals surface area (Å²) in [5, 5.41) is 3.44. The molecule has 3 aromatic rings. The largest absolute Gasteiger partial charge is 0.462 e. The number of carbonyl (C=O) groups excluding carboxylic acids is 1. The van der Waals surface area contributed by atoms with E-state index in [4.69, 9.17) is 4.74 Å². The molecule has 2 heterocycles. The number of benzene rings is 1. The van der Waals surface area contributed by atoms with Crippen LogP contribution in [0.1, 0.15) is 33.5 Å². The van der Waals surface area contributed by atoms with Crippen molar-refractivity contribution >= 4 is 40.1 Å². The van der Waals surface area contributed by atoms with E-state index in [0.717, 1.165) is 16.2 Å². The third-order valence-corrected chi connectivity index (χ3v) is 5.78. The van der Waals surface area contributed by atoms with E-state index >= 15 is 0 Å². The van der Waals surface area contributed by atoms with Crippen molar-refractivity contribution in [3.63, 3.8) is 0 Å². The molecule has 0 spiro atoms. The number of thiazole rings is 1. The van der Waals surface area contributed by atoms with Gasteiger partial charge < -0.3 is 10.1 Å². The Balaban J connectivity index is 1.73. The number of nitrogens with zero attached hydrogens (tertiary/aromatic N) is 2. The Hall–Kier alpha value is -2.65. The summed E-state index contributed by atoms with van der Waals surface area (Å²) in [7, 11) is 0. The van der Waals surface area contributed by atoms with Gasteiger partial charge in [-0.3, -0.25) is 9.78 Å². The Morgan fingerprint density at radius 2 is 2.00 bits per heavy atom. The molecule has 28 heavy (non-hydrogen) atoms. The maximum atomic E-state index is 12.0. The first-order valence-electron chi connectivity index (χ1n) is 8.66. The zero-order chi connectivity index (χ0) is 20.1. The molecule has 0 unspecified atom stereocenters. The summed E-state index contributed by atoms with van der Waals surface area (Å²) in [6.45, 7) is 5.83. The molecule has 7 nitrogen and oxygen atoms in total. The molecule has 0 atom stereocenters. The summed E-state index contributed by atoms with van der Waals surface area (Å²) in [6, 6.07) is 9.66. The van der Waals surface area contributed by atoms with Gasteiger partial charge in [0.25, 0.3) is 5.56 Å². The Morgan fingerprint density at radius 1 is 1.25 bits per heavy atom. The number of nitrogens with one attached hydrogen (secondary N) is 2. The number of thioether (sulfide) groups is 1. The fourth-order valence-corrected chi connectivity index (χ4v) is 4.02. The van der Waals surface area contributed by atoms with E-state index in [0.29, 0.717) is 33.8 Å². The molecule has 1 aromatic carbocycles. The normalized spacial score (nSPS) is 10.7. The Labute approximate surface area is 170 Å². The van der Waals surface area contributed by atoms with Crippen LogP contribution in [-0.4, -0.2) is 27.5 Å². The molecule has 3 rings (SSSR count).